The number of carbonyl (C=O) groups is 1. The molecular weight excluding hydrogens is 178 g/mol. The average molecular weight is 199 g/mol. The van der Waals surface area contributed by atoms with E-state index >= 15 is 0 Å². The van der Waals surface area contributed by atoms with E-state index in [0.717, 1.165) is 32.4 Å². The molecule has 1 fully saturated rings. The van der Waals surface area contributed by atoms with E-state index in [9.17, 15) is 4.79 Å². The zero-order chi connectivity index (χ0) is 10.8. The number of likely N-dealkylation sites (tertiary alicyclic amines) is 1. The zero-order valence-corrected chi connectivity index (χ0v) is 9.42. The molecular formula is C11H21NO2. The van der Waals surface area contributed by atoms with Gasteiger partial charge in [-0.2, -0.15) is 0 Å². The van der Waals surface area contributed by atoms with Crippen LogP contribution in [0.15, 0.2) is 0 Å². The molecule has 1 atom stereocenters. The maximum absolute atomic E-state index is 10.9. The molecule has 0 unspecified atom stereocenters. The maximum Gasteiger partial charge on any atom is 0.320 e. The van der Waals surface area contributed by atoms with Gasteiger partial charge in [-0.15, -0.1) is 0 Å². The van der Waals surface area contributed by atoms with Gasteiger partial charge in [-0.1, -0.05) is 20.8 Å². The Labute approximate surface area is 86.1 Å². The van der Waals surface area contributed by atoms with E-state index in [1.165, 1.54) is 0 Å². The summed E-state index contributed by atoms with van der Waals surface area (Å²) in [7, 11) is 0. The number of carboxylic acid groups (broad SMARTS) is 1. The Morgan fingerprint density at radius 2 is 2.14 bits per heavy atom. The fourth-order valence-corrected chi connectivity index (χ4v) is 1.85. The summed E-state index contributed by atoms with van der Waals surface area (Å²) < 4.78 is 0. The van der Waals surface area contributed by atoms with Crippen molar-refractivity contribution in [3.8, 4) is 0 Å². The summed E-state index contributed by atoms with van der Waals surface area (Å²) in [6, 6.07) is -0.225. The molecule has 0 aliphatic carbocycles. The van der Waals surface area contributed by atoms with Gasteiger partial charge in [-0.3, -0.25) is 9.69 Å². The Kier molecular flexibility index (Phi) is 3.53. The molecule has 14 heavy (non-hydrogen) atoms. The predicted molar refractivity (Wildman–Crippen MR) is 56.3 cm³/mol. The predicted octanol–water partition coefficient (Wildman–Crippen LogP) is 1.97. The third-order valence-electron chi connectivity index (χ3n) is 2.80. The van der Waals surface area contributed by atoms with Crippen molar-refractivity contribution in [2.45, 2.75) is 46.1 Å². The number of carboxylic acids is 1. The zero-order valence-electron chi connectivity index (χ0n) is 9.42. The third kappa shape index (κ3) is 3.29. The molecule has 0 aromatic carbocycles. The molecule has 1 saturated heterocycles. The summed E-state index contributed by atoms with van der Waals surface area (Å²) >= 11 is 0. The van der Waals surface area contributed by atoms with Crippen LogP contribution >= 0.6 is 0 Å². The van der Waals surface area contributed by atoms with Gasteiger partial charge in [0.05, 0.1) is 0 Å². The van der Waals surface area contributed by atoms with E-state index < -0.39 is 5.97 Å². The van der Waals surface area contributed by atoms with Crippen molar-refractivity contribution in [3.05, 3.63) is 0 Å². The average Bonchev–Trinajstić information content (AvgIpc) is 2.46. The van der Waals surface area contributed by atoms with Crippen molar-refractivity contribution < 1.29 is 9.90 Å². The van der Waals surface area contributed by atoms with Gasteiger partial charge in [0, 0.05) is 0 Å². The fourth-order valence-electron chi connectivity index (χ4n) is 1.85. The first kappa shape index (κ1) is 11.5. The first-order valence-corrected chi connectivity index (χ1v) is 5.37. The molecule has 0 saturated carbocycles. The highest BCUT2D eigenvalue weighted by Crippen LogP contribution is 2.23. The topological polar surface area (TPSA) is 40.5 Å². The number of hydrogen-bond acceptors (Lipinski definition) is 2. The second kappa shape index (κ2) is 4.30. The second-order valence-electron chi connectivity index (χ2n) is 5.34. The number of hydrogen-bond donors (Lipinski definition) is 1. The smallest absolute Gasteiger partial charge is 0.320 e. The van der Waals surface area contributed by atoms with Crippen LogP contribution in [-0.2, 0) is 4.79 Å². The second-order valence-corrected chi connectivity index (χ2v) is 5.34. The summed E-state index contributed by atoms with van der Waals surface area (Å²) in [5.74, 6) is -0.656. The lowest BCUT2D eigenvalue weighted by atomic mass is 9.92. The highest BCUT2D eigenvalue weighted by Gasteiger charge is 2.30. The minimum absolute atomic E-state index is 0.225. The van der Waals surface area contributed by atoms with Crippen LogP contribution in [0.2, 0.25) is 0 Å². The van der Waals surface area contributed by atoms with Crippen LogP contribution < -0.4 is 0 Å². The number of aliphatic carboxylic acids is 1. The molecule has 0 radical (unpaired) electrons. The molecule has 82 valence electrons. The van der Waals surface area contributed by atoms with Crippen LogP contribution in [0, 0.1) is 5.41 Å². The lowest BCUT2D eigenvalue weighted by molar-refractivity contribution is -0.142. The van der Waals surface area contributed by atoms with Crippen molar-refractivity contribution in [2.75, 3.05) is 13.1 Å². The van der Waals surface area contributed by atoms with Crippen molar-refractivity contribution in [1.82, 2.24) is 4.90 Å². The third-order valence-corrected chi connectivity index (χ3v) is 2.80. The SMILES string of the molecule is CC(C)(C)CCN1CCC[C@H]1C(=O)O. The van der Waals surface area contributed by atoms with Crippen LogP contribution in [0.1, 0.15) is 40.0 Å². The largest absolute Gasteiger partial charge is 0.480 e. The highest BCUT2D eigenvalue weighted by molar-refractivity contribution is 5.73. The normalized spacial score (nSPS) is 24.1. The maximum atomic E-state index is 10.9. The van der Waals surface area contributed by atoms with E-state index in [1.807, 2.05) is 0 Å². The first-order chi connectivity index (χ1) is 6.40. The van der Waals surface area contributed by atoms with Crippen LogP contribution in [0.3, 0.4) is 0 Å². The van der Waals surface area contributed by atoms with Gasteiger partial charge < -0.3 is 5.11 Å². The van der Waals surface area contributed by atoms with Crippen molar-refractivity contribution >= 4 is 5.97 Å². The Morgan fingerprint density at radius 1 is 1.50 bits per heavy atom. The van der Waals surface area contributed by atoms with Crippen LogP contribution in [0.4, 0.5) is 0 Å². The van der Waals surface area contributed by atoms with Gasteiger partial charge in [-0.05, 0) is 37.8 Å². The van der Waals surface area contributed by atoms with Gasteiger partial charge in [0.1, 0.15) is 6.04 Å². The van der Waals surface area contributed by atoms with Crippen molar-refractivity contribution in [1.29, 1.82) is 0 Å². The Hall–Kier alpha value is -0.570. The first-order valence-electron chi connectivity index (χ1n) is 5.37. The van der Waals surface area contributed by atoms with E-state index in [-0.39, 0.29) is 6.04 Å². The quantitative estimate of drug-likeness (QED) is 0.755. The van der Waals surface area contributed by atoms with Gasteiger partial charge in [0.2, 0.25) is 0 Å². The molecule has 0 amide bonds. The summed E-state index contributed by atoms with van der Waals surface area (Å²) in [5.41, 5.74) is 0.297. The Morgan fingerprint density at radius 3 is 2.64 bits per heavy atom. The fraction of sp³-hybridized carbons (Fsp3) is 0.909. The molecule has 1 rings (SSSR count). The summed E-state index contributed by atoms with van der Waals surface area (Å²) in [6.45, 7) is 8.45. The Bertz CT molecular complexity index is 208. The molecule has 3 nitrogen and oxygen atoms in total. The summed E-state index contributed by atoms with van der Waals surface area (Å²) in [5, 5.41) is 8.97. The molecule has 3 heteroatoms. The standard InChI is InChI=1S/C11H21NO2/c1-11(2,3)6-8-12-7-4-5-9(12)10(13)14/h9H,4-8H2,1-3H3,(H,13,14)/t9-/m0/s1. The van der Waals surface area contributed by atoms with E-state index in [1.54, 1.807) is 0 Å². The Balaban J connectivity index is 2.40. The van der Waals surface area contributed by atoms with E-state index in [0.29, 0.717) is 5.41 Å². The summed E-state index contributed by atoms with van der Waals surface area (Å²) in [4.78, 5) is 13.0. The van der Waals surface area contributed by atoms with Gasteiger partial charge >= 0.3 is 5.97 Å². The van der Waals surface area contributed by atoms with Gasteiger partial charge in [-0.25, -0.2) is 0 Å². The number of rotatable bonds is 3. The van der Waals surface area contributed by atoms with Gasteiger partial charge in [0.15, 0.2) is 0 Å². The van der Waals surface area contributed by atoms with E-state index in [2.05, 4.69) is 25.7 Å². The lowest BCUT2D eigenvalue weighted by Gasteiger charge is -2.25. The minimum atomic E-state index is -0.656. The van der Waals surface area contributed by atoms with Crippen LogP contribution in [-0.4, -0.2) is 35.1 Å². The molecule has 0 spiro atoms. The van der Waals surface area contributed by atoms with Crippen molar-refractivity contribution in [3.63, 3.8) is 0 Å². The van der Waals surface area contributed by atoms with Crippen molar-refractivity contribution in [2.24, 2.45) is 5.41 Å². The molecule has 1 aliphatic rings. The summed E-state index contributed by atoms with van der Waals surface area (Å²) in [6.07, 6.45) is 2.91. The monoisotopic (exact) mass is 199 g/mol. The lowest BCUT2D eigenvalue weighted by Crippen LogP contribution is -2.37. The molecule has 1 N–H and O–H groups in total. The van der Waals surface area contributed by atoms with E-state index in [4.69, 9.17) is 5.11 Å². The minimum Gasteiger partial charge on any atom is -0.480 e. The van der Waals surface area contributed by atoms with Crippen LogP contribution in [0.25, 0.3) is 0 Å². The highest BCUT2D eigenvalue weighted by atomic mass is 16.4. The van der Waals surface area contributed by atoms with Gasteiger partial charge in [0.25, 0.3) is 0 Å². The molecule has 0 bridgehead atoms. The molecule has 0 aromatic heterocycles. The number of nitrogens with zero attached hydrogens (tertiary/aromatic N) is 1. The molecule has 1 heterocycles. The molecule has 0 aromatic rings. The van der Waals surface area contributed by atoms with Crippen LogP contribution in [0.5, 0.6) is 0 Å². The molecule has 1 aliphatic heterocycles.